The van der Waals surface area contributed by atoms with Crippen LogP contribution in [0, 0.1) is 0 Å². The van der Waals surface area contributed by atoms with Crippen molar-refractivity contribution in [2.75, 3.05) is 11.9 Å². The van der Waals surface area contributed by atoms with E-state index in [2.05, 4.69) is 22.4 Å². The first-order valence-electron chi connectivity index (χ1n) is 5.68. The van der Waals surface area contributed by atoms with Crippen molar-refractivity contribution in [3.63, 3.8) is 0 Å². The second kappa shape index (κ2) is 5.80. The molecule has 1 aromatic heterocycles. The number of aliphatic hydroxyl groups excluding tert-OH is 1. The molecule has 0 radical (unpaired) electrons. The van der Waals surface area contributed by atoms with Crippen LogP contribution < -0.4 is 5.32 Å². The van der Waals surface area contributed by atoms with Crippen molar-refractivity contribution < 1.29 is 5.11 Å². The van der Waals surface area contributed by atoms with Crippen LogP contribution in [-0.4, -0.2) is 22.7 Å². The fraction of sp³-hybridized carbons (Fsp3) is 0.308. The molecule has 0 fully saturated rings. The average Bonchev–Trinajstić information content (AvgIpc) is 2.78. The van der Waals surface area contributed by atoms with E-state index >= 15 is 0 Å². The van der Waals surface area contributed by atoms with Gasteiger partial charge in [-0.1, -0.05) is 30.3 Å². The van der Waals surface area contributed by atoms with Crippen LogP contribution in [0.5, 0.6) is 0 Å². The van der Waals surface area contributed by atoms with E-state index in [1.54, 1.807) is 18.3 Å². The van der Waals surface area contributed by atoms with Gasteiger partial charge >= 0.3 is 0 Å². The molecule has 2 aromatic rings. The molecule has 0 bridgehead atoms. The summed E-state index contributed by atoms with van der Waals surface area (Å²) < 4.78 is 0. The molecule has 0 saturated heterocycles. The zero-order chi connectivity index (χ0) is 12.1. The fourth-order valence-corrected chi connectivity index (χ4v) is 2.23. The van der Waals surface area contributed by atoms with Gasteiger partial charge in [0.1, 0.15) is 0 Å². The van der Waals surface area contributed by atoms with Crippen LogP contribution in [0.3, 0.4) is 0 Å². The van der Waals surface area contributed by atoms with Gasteiger partial charge in [-0.05, 0) is 13.3 Å². The van der Waals surface area contributed by atoms with Crippen LogP contribution in [0.4, 0.5) is 5.13 Å². The van der Waals surface area contributed by atoms with Gasteiger partial charge in [0.2, 0.25) is 0 Å². The lowest BCUT2D eigenvalue weighted by Crippen LogP contribution is -2.09. The minimum Gasteiger partial charge on any atom is -0.393 e. The van der Waals surface area contributed by atoms with Crippen LogP contribution >= 0.6 is 11.3 Å². The average molecular weight is 248 g/mol. The van der Waals surface area contributed by atoms with Crippen molar-refractivity contribution in [3.8, 4) is 11.3 Å². The molecule has 17 heavy (non-hydrogen) atoms. The molecular formula is C13H16N2OS. The summed E-state index contributed by atoms with van der Waals surface area (Å²) in [5, 5.41) is 15.3. The lowest BCUT2D eigenvalue weighted by molar-refractivity contribution is 0.189. The molecule has 1 heterocycles. The number of thiazole rings is 1. The SMILES string of the molecule is CC(O)CCNc1nc(-c2ccccc2)cs1. The topological polar surface area (TPSA) is 45.1 Å². The quantitative estimate of drug-likeness (QED) is 0.855. The van der Waals surface area contributed by atoms with Crippen LogP contribution in [-0.2, 0) is 0 Å². The van der Waals surface area contributed by atoms with Crippen LogP contribution in [0.15, 0.2) is 35.7 Å². The molecule has 90 valence electrons. The zero-order valence-corrected chi connectivity index (χ0v) is 10.6. The van der Waals surface area contributed by atoms with Gasteiger partial charge in [0, 0.05) is 17.5 Å². The fourth-order valence-electron chi connectivity index (χ4n) is 1.48. The number of aromatic nitrogens is 1. The molecule has 0 saturated carbocycles. The Morgan fingerprint density at radius 2 is 2.12 bits per heavy atom. The van der Waals surface area contributed by atoms with Crippen molar-refractivity contribution in [1.82, 2.24) is 4.98 Å². The maximum absolute atomic E-state index is 9.16. The molecule has 0 aliphatic carbocycles. The van der Waals surface area contributed by atoms with Gasteiger partial charge in [0.15, 0.2) is 5.13 Å². The summed E-state index contributed by atoms with van der Waals surface area (Å²) in [6, 6.07) is 10.1. The van der Waals surface area contributed by atoms with Crippen LogP contribution in [0.2, 0.25) is 0 Å². The summed E-state index contributed by atoms with van der Waals surface area (Å²) in [5.41, 5.74) is 2.13. The molecule has 2 N–H and O–H groups in total. The van der Waals surface area contributed by atoms with E-state index in [1.165, 1.54) is 0 Å². The normalized spacial score (nSPS) is 12.4. The molecule has 3 nitrogen and oxygen atoms in total. The van der Waals surface area contributed by atoms with E-state index in [9.17, 15) is 0 Å². The third-order valence-electron chi connectivity index (χ3n) is 2.41. The Morgan fingerprint density at radius 1 is 1.35 bits per heavy atom. The number of hydrogen-bond acceptors (Lipinski definition) is 4. The highest BCUT2D eigenvalue weighted by atomic mass is 32.1. The molecule has 0 aliphatic rings. The Labute approximate surface area is 105 Å². The van der Waals surface area contributed by atoms with Gasteiger partial charge in [-0.2, -0.15) is 0 Å². The molecule has 1 atom stereocenters. The van der Waals surface area contributed by atoms with Crippen LogP contribution in [0.1, 0.15) is 13.3 Å². The van der Waals surface area contributed by atoms with E-state index < -0.39 is 0 Å². The summed E-state index contributed by atoms with van der Waals surface area (Å²) in [7, 11) is 0. The summed E-state index contributed by atoms with van der Waals surface area (Å²) in [6.07, 6.45) is 0.469. The number of nitrogens with zero attached hydrogens (tertiary/aromatic N) is 1. The third-order valence-corrected chi connectivity index (χ3v) is 3.21. The van der Waals surface area contributed by atoms with Crippen molar-refractivity contribution in [3.05, 3.63) is 35.7 Å². The maximum atomic E-state index is 9.16. The van der Waals surface area contributed by atoms with Crippen molar-refractivity contribution >= 4 is 16.5 Å². The van der Waals surface area contributed by atoms with E-state index in [-0.39, 0.29) is 6.10 Å². The molecule has 1 aromatic carbocycles. The van der Waals surface area contributed by atoms with Crippen LogP contribution in [0.25, 0.3) is 11.3 Å². The lowest BCUT2D eigenvalue weighted by atomic mass is 10.2. The third kappa shape index (κ3) is 3.54. The minimum atomic E-state index is -0.268. The standard InChI is InChI=1S/C13H16N2OS/c1-10(16)7-8-14-13-15-12(9-17-13)11-5-3-2-4-6-11/h2-6,9-10,16H,7-8H2,1H3,(H,14,15). The number of rotatable bonds is 5. The van der Waals surface area contributed by atoms with Gasteiger partial charge in [0.25, 0.3) is 0 Å². The number of hydrogen-bond donors (Lipinski definition) is 2. The van der Waals surface area contributed by atoms with Crippen molar-refractivity contribution in [2.45, 2.75) is 19.4 Å². The van der Waals surface area contributed by atoms with Crippen molar-refractivity contribution in [2.24, 2.45) is 0 Å². The Hall–Kier alpha value is -1.39. The summed E-state index contributed by atoms with van der Waals surface area (Å²) in [6.45, 7) is 2.54. The molecule has 0 aliphatic heterocycles. The molecule has 0 spiro atoms. The molecule has 2 rings (SSSR count). The molecular weight excluding hydrogens is 232 g/mol. The first-order valence-corrected chi connectivity index (χ1v) is 6.56. The highest BCUT2D eigenvalue weighted by Crippen LogP contribution is 2.24. The largest absolute Gasteiger partial charge is 0.393 e. The second-order valence-electron chi connectivity index (χ2n) is 3.97. The zero-order valence-electron chi connectivity index (χ0n) is 9.76. The number of aliphatic hydroxyl groups is 1. The van der Waals surface area contributed by atoms with Gasteiger partial charge < -0.3 is 10.4 Å². The number of benzene rings is 1. The Morgan fingerprint density at radius 3 is 2.82 bits per heavy atom. The smallest absolute Gasteiger partial charge is 0.183 e. The van der Waals surface area contributed by atoms with Crippen molar-refractivity contribution in [1.29, 1.82) is 0 Å². The number of anilines is 1. The van der Waals surface area contributed by atoms with E-state index in [1.807, 2.05) is 23.6 Å². The summed E-state index contributed by atoms with van der Waals surface area (Å²) >= 11 is 1.59. The first kappa shape index (κ1) is 12.1. The van der Waals surface area contributed by atoms with Gasteiger partial charge in [-0.15, -0.1) is 11.3 Å². The predicted molar refractivity (Wildman–Crippen MR) is 72.3 cm³/mol. The Balaban J connectivity index is 1.97. The van der Waals surface area contributed by atoms with Gasteiger partial charge in [-0.3, -0.25) is 0 Å². The Kier molecular flexibility index (Phi) is 4.12. The highest BCUT2D eigenvalue weighted by molar-refractivity contribution is 7.14. The Bertz CT molecular complexity index is 453. The molecule has 4 heteroatoms. The number of nitrogens with one attached hydrogen (secondary N) is 1. The van der Waals surface area contributed by atoms with E-state index in [0.29, 0.717) is 0 Å². The molecule has 0 amide bonds. The second-order valence-corrected chi connectivity index (χ2v) is 4.83. The monoisotopic (exact) mass is 248 g/mol. The molecule has 1 unspecified atom stereocenters. The maximum Gasteiger partial charge on any atom is 0.183 e. The van der Waals surface area contributed by atoms with Gasteiger partial charge in [-0.25, -0.2) is 4.98 Å². The predicted octanol–water partition coefficient (Wildman–Crippen LogP) is 2.99. The van der Waals surface area contributed by atoms with Gasteiger partial charge in [0.05, 0.1) is 11.8 Å². The van der Waals surface area contributed by atoms with E-state index in [4.69, 9.17) is 5.11 Å². The summed E-state index contributed by atoms with van der Waals surface area (Å²) in [5.74, 6) is 0. The summed E-state index contributed by atoms with van der Waals surface area (Å²) in [4.78, 5) is 4.50. The first-order chi connectivity index (χ1) is 8.25. The van der Waals surface area contributed by atoms with E-state index in [0.717, 1.165) is 29.4 Å². The minimum absolute atomic E-state index is 0.268. The lowest BCUT2D eigenvalue weighted by Gasteiger charge is -2.04. The highest BCUT2D eigenvalue weighted by Gasteiger charge is 2.03.